The summed E-state index contributed by atoms with van der Waals surface area (Å²) in [6.07, 6.45) is 3.38. The smallest absolute Gasteiger partial charge is 0.141 e. The second-order valence-corrected chi connectivity index (χ2v) is 5.25. The largest absolute Gasteiger partial charge is 0.309 e. The molecule has 0 heterocycles. The molecule has 0 radical (unpaired) electrons. The lowest BCUT2D eigenvalue weighted by atomic mass is 9.79. The van der Waals surface area contributed by atoms with Crippen LogP contribution in [-0.2, 0) is 4.79 Å². The van der Waals surface area contributed by atoms with Gasteiger partial charge >= 0.3 is 0 Å². The molecule has 1 fully saturated rings. The topological polar surface area (TPSA) is 23.6 Å². The van der Waals surface area contributed by atoms with Crippen molar-refractivity contribution in [1.82, 2.24) is 9.80 Å². The molecular formula is C12H24N2O. The maximum Gasteiger partial charge on any atom is 0.141 e. The Balaban J connectivity index is 2.51. The molecule has 0 spiro atoms. The van der Waals surface area contributed by atoms with Crippen LogP contribution in [0.25, 0.3) is 0 Å². The van der Waals surface area contributed by atoms with Crippen molar-refractivity contribution >= 4 is 5.78 Å². The van der Waals surface area contributed by atoms with Gasteiger partial charge in [-0.3, -0.25) is 4.79 Å². The average molecular weight is 212 g/mol. The Morgan fingerprint density at radius 2 is 1.40 bits per heavy atom. The van der Waals surface area contributed by atoms with Gasteiger partial charge in [0, 0.05) is 24.9 Å². The molecule has 0 saturated heterocycles. The normalized spacial score (nSPS) is 27.7. The van der Waals surface area contributed by atoms with E-state index < -0.39 is 0 Å². The first-order valence-corrected chi connectivity index (χ1v) is 5.84. The first-order chi connectivity index (χ1) is 7.00. The highest BCUT2D eigenvalue weighted by atomic mass is 16.1. The fourth-order valence-corrected chi connectivity index (χ4v) is 2.47. The zero-order chi connectivity index (χ0) is 11.4. The van der Waals surface area contributed by atoms with E-state index in [2.05, 4.69) is 9.80 Å². The third-order valence-corrected chi connectivity index (χ3v) is 3.08. The first kappa shape index (κ1) is 12.7. The monoisotopic (exact) mass is 212 g/mol. The minimum atomic E-state index is 0.277. The van der Waals surface area contributed by atoms with Crippen LogP contribution in [0.15, 0.2) is 0 Å². The van der Waals surface area contributed by atoms with Gasteiger partial charge in [0.2, 0.25) is 0 Å². The number of ketones is 1. The summed E-state index contributed by atoms with van der Waals surface area (Å²) in [6, 6.07) is 0. The molecule has 0 aromatic heterocycles. The van der Waals surface area contributed by atoms with E-state index in [9.17, 15) is 4.79 Å². The van der Waals surface area contributed by atoms with Gasteiger partial charge in [-0.15, -0.1) is 0 Å². The molecule has 3 nitrogen and oxygen atoms in total. The molecule has 0 N–H and O–H groups in total. The van der Waals surface area contributed by atoms with Gasteiger partial charge in [-0.1, -0.05) is 6.42 Å². The van der Waals surface area contributed by atoms with E-state index in [-0.39, 0.29) is 11.8 Å². The van der Waals surface area contributed by atoms with E-state index in [1.165, 1.54) is 6.42 Å². The molecule has 0 unspecified atom stereocenters. The van der Waals surface area contributed by atoms with E-state index >= 15 is 0 Å². The van der Waals surface area contributed by atoms with Crippen molar-refractivity contribution in [2.24, 2.45) is 11.8 Å². The number of carbonyl (C=O) groups is 1. The molecule has 0 amide bonds. The molecule has 0 aliphatic heterocycles. The van der Waals surface area contributed by atoms with Crippen molar-refractivity contribution in [3.05, 3.63) is 0 Å². The van der Waals surface area contributed by atoms with Crippen molar-refractivity contribution in [1.29, 1.82) is 0 Å². The molecule has 88 valence electrons. The van der Waals surface area contributed by atoms with Gasteiger partial charge in [0.1, 0.15) is 5.78 Å². The first-order valence-electron chi connectivity index (χ1n) is 5.84. The Labute approximate surface area is 93.4 Å². The lowest BCUT2D eigenvalue weighted by Crippen LogP contribution is -2.39. The van der Waals surface area contributed by atoms with E-state index in [1.807, 2.05) is 28.2 Å². The highest BCUT2D eigenvalue weighted by Crippen LogP contribution is 2.26. The van der Waals surface area contributed by atoms with Crippen molar-refractivity contribution in [2.45, 2.75) is 19.3 Å². The summed E-state index contributed by atoms with van der Waals surface area (Å²) in [4.78, 5) is 16.4. The molecule has 0 aromatic carbocycles. The van der Waals surface area contributed by atoms with Crippen LogP contribution in [-0.4, -0.2) is 56.9 Å². The fourth-order valence-electron chi connectivity index (χ4n) is 2.47. The second-order valence-electron chi connectivity index (χ2n) is 5.25. The number of carbonyl (C=O) groups excluding carboxylic acids is 1. The predicted octanol–water partition coefficient (Wildman–Crippen LogP) is 1.09. The Hall–Kier alpha value is -0.410. The molecule has 1 rings (SSSR count). The van der Waals surface area contributed by atoms with Gasteiger partial charge in [-0.2, -0.15) is 0 Å². The minimum Gasteiger partial charge on any atom is -0.309 e. The molecule has 0 aromatic rings. The summed E-state index contributed by atoms with van der Waals surface area (Å²) in [5, 5.41) is 0. The van der Waals surface area contributed by atoms with E-state index in [0.717, 1.165) is 25.9 Å². The molecular weight excluding hydrogens is 188 g/mol. The molecule has 1 aliphatic rings. The Bertz CT molecular complexity index is 194. The van der Waals surface area contributed by atoms with Crippen molar-refractivity contribution in [2.75, 3.05) is 41.3 Å². The van der Waals surface area contributed by atoms with Crippen LogP contribution in [0.2, 0.25) is 0 Å². The van der Waals surface area contributed by atoms with E-state index in [4.69, 9.17) is 0 Å². The van der Waals surface area contributed by atoms with Gasteiger partial charge in [0.25, 0.3) is 0 Å². The number of nitrogens with zero attached hydrogens (tertiary/aromatic N) is 2. The third kappa shape index (κ3) is 3.92. The minimum absolute atomic E-state index is 0.277. The summed E-state index contributed by atoms with van der Waals surface area (Å²) in [5.74, 6) is 1.04. The van der Waals surface area contributed by atoms with Crippen molar-refractivity contribution in [3.63, 3.8) is 0 Å². The molecule has 15 heavy (non-hydrogen) atoms. The second kappa shape index (κ2) is 5.61. The average Bonchev–Trinajstić information content (AvgIpc) is 2.10. The lowest BCUT2D eigenvalue weighted by molar-refractivity contribution is -0.130. The maximum atomic E-state index is 12.1. The lowest BCUT2D eigenvalue weighted by Gasteiger charge is -2.31. The van der Waals surface area contributed by atoms with Crippen LogP contribution in [0.4, 0.5) is 0 Å². The summed E-state index contributed by atoms with van der Waals surface area (Å²) in [5.41, 5.74) is 0. The summed E-state index contributed by atoms with van der Waals surface area (Å²) in [7, 11) is 8.18. The third-order valence-electron chi connectivity index (χ3n) is 3.08. The molecule has 0 bridgehead atoms. The van der Waals surface area contributed by atoms with Gasteiger partial charge in [0.15, 0.2) is 0 Å². The fraction of sp³-hybridized carbons (Fsp3) is 0.917. The van der Waals surface area contributed by atoms with Gasteiger partial charge in [-0.25, -0.2) is 0 Å². The number of hydrogen-bond acceptors (Lipinski definition) is 3. The molecule has 2 atom stereocenters. The van der Waals surface area contributed by atoms with E-state index in [1.54, 1.807) is 0 Å². The Morgan fingerprint density at radius 1 is 1.00 bits per heavy atom. The predicted molar refractivity (Wildman–Crippen MR) is 62.9 cm³/mol. The standard InChI is InChI=1S/C12H24N2O/c1-13(2)8-10-6-5-7-11(12(10)15)9-14(3)4/h10-11H,5-9H2,1-4H3/t10-,11-/m1/s1. The highest BCUT2D eigenvalue weighted by molar-refractivity contribution is 5.84. The van der Waals surface area contributed by atoms with Crippen LogP contribution in [0.1, 0.15) is 19.3 Å². The Morgan fingerprint density at radius 3 is 1.73 bits per heavy atom. The highest BCUT2D eigenvalue weighted by Gasteiger charge is 2.31. The molecule has 3 heteroatoms. The summed E-state index contributed by atoms with van der Waals surface area (Å²) in [6.45, 7) is 1.84. The van der Waals surface area contributed by atoms with Gasteiger partial charge < -0.3 is 9.80 Å². The molecule has 1 aliphatic carbocycles. The summed E-state index contributed by atoms with van der Waals surface area (Å²) < 4.78 is 0. The van der Waals surface area contributed by atoms with Crippen molar-refractivity contribution in [3.8, 4) is 0 Å². The van der Waals surface area contributed by atoms with Crippen LogP contribution < -0.4 is 0 Å². The number of hydrogen-bond donors (Lipinski definition) is 0. The number of Topliss-reactive ketones (excluding diaryl/α,β-unsaturated/α-hetero) is 1. The quantitative estimate of drug-likeness (QED) is 0.697. The Kier molecular flexibility index (Phi) is 4.74. The molecule has 1 saturated carbocycles. The van der Waals surface area contributed by atoms with Crippen LogP contribution in [0, 0.1) is 11.8 Å². The van der Waals surface area contributed by atoms with Gasteiger partial charge in [0.05, 0.1) is 0 Å². The summed E-state index contributed by atoms with van der Waals surface area (Å²) >= 11 is 0. The van der Waals surface area contributed by atoms with Crippen LogP contribution in [0.3, 0.4) is 0 Å². The van der Waals surface area contributed by atoms with Crippen molar-refractivity contribution < 1.29 is 4.79 Å². The maximum absolute atomic E-state index is 12.1. The zero-order valence-electron chi connectivity index (χ0n) is 10.5. The van der Waals surface area contributed by atoms with E-state index in [0.29, 0.717) is 5.78 Å². The SMILES string of the molecule is CN(C)C[C@H]1CCC[C@H](CN(C)C)C1=O. The zero-order valence-corrected chi connectivity index (χ0v) is 10.5. The van der Waals surface area contributed by atoms with Crippen LogP contribution in [0.5, 0.6) is 0 Å². The van der Waals surface area contributed by atoms with Gasteiger partial charge in [-0.05, 0) is 41.0 Å². The van der Waals surface area contributed by atoms with Crippen LogP contribution >= 0.6 is 0 Å². The number of rotatable bonds is 4.